The molecule has 0 aliphatic rings. The Labute approximate surface area is 142 Å². The van der Waals surface area contributed by atoms with Crippen LogP contribution in [0.2, 0.25) is 0 Å². The number of hydrogen-bond acceptors (Lipinski definition) is 2. The Bertz CT molecular complexity index is 733. The lowest BCUT2D eigenvalue weighted by molar-refractivity contribution is -0.120. The Morgan fingerprint density at radius 1 is 1.04 bits per heavy atom. The van der Waals surface area contributed by atoms with Crippen LogP contribution < -0.4 is 5.32 Å². The fourth-order valence-electron chi connectivity index (χ4n) is 2.76. The summed E-state index contributed by atoms with van der Waals surface area (Å²) in [7, 11) is 0. The molecule has 0 heterocycles. The Morgan fingerprint density at radius 3 is 2.25 bits per heavy atom. The first-order chi connectivity index (χ1) is 11.3. The second kappa shape index (κ2) is 7.30. The van der Waals surface area contributed by atoms with Crippen LogP contribution in [-0.4, -0.2) is 23.5 Å². The van der Waals surface area contributed by atoms with Crippen LogP contribution in [-0.2, 0) is 16.6 Å². The van der Waals surface area contributed by atoms with Crippen molar-refractivity contribution in [3.05, 3.63) is 70.8 Å². The highest BCUT2D eigenvalue weighted by Gasteiger charge is 2.22. The first-order valence-corrected chi connectivity index (χ1v) is 7.94. The summed E-state index contributed by atoms with van der Waals surface area (Å²) in [6.07, 6.45) is 0.240. The van der Waals surface area contributed by atoms with Gasteiger partial charge >= 0.3 is 5.97 Å². The van der Waals surface area contributed by atoms with Crippen molar-refractivity contribution in [2.75, 3.05) is 6.54 Å². The molecule has 0 aliphatic carbocycles. The Balaban J connectivity index is 1.95. The third-order valence-corrected chi connectivity index (χ3v) is 4.17. The first kappa shape index (κ1) is 17.7. The molecular weight excluding hydrogens is 302 g/mol. The van der Waals surface area contributed by atoms with E-state index in [1.165, 1.54) is 23.3 Å². The summed E-state index contributed by atoms with van der Waals surface area (Å²) in [5.41, 5.74) is 3.29. The van der Waals surface area contributed by atoms with Gasteiger partial charge < -0.3 is 10.4 Å². The van der Waals surface area contributed by atoms with Gasteiger partial charge in [-0.2, -0.15) is 0 Å². The number of carbonyl (C=O) groups excluding carboxylic acids is 1. The maximum Gasteiger partial charge on any atom is 0.335 e. The van der Waals surface area contributed by atoms with Gasteiger partial charge in [-0.3, -0.25) is 4.79 Å². The summed E-state index contributed by atoms with van der Waals surface area (Å²) in [6.45, 7) is 6.83. The summed E-state index contributed by atoms with van der Waals surface area (Å²) in [5.74, 6) is -1.04. The molecule has 4 nitrogen and oxygen atoms in total. The second-order valence-corrected chi connectivity index (χ2v) is 6.65. The van der Waals surface area contributed by atoms with E-state index in [0.29, 0.717) is 6.54 Å². The van der Waals surface area contributed by atoms with Gasteiger partial charge in [-0.1, -0.05) is 50.2 Å². The molecule has 0 saturated carbocycles. The number of carbonyl (C=O) groups is 2. The van der Waals surface area contributed by atoms with Crippen LogP contribution in [0.4, 0.5) is 0 Å². The number of nitrogens with one attached hydrogen (secondary N) is 1. The van der Waals surface area contributed by atoms with Crippen LogP contribution in [0.1, 0.15) is 40.9 Å². The molecule has 0 fully saturated rings. The van der Waals surface area contributed by atoms with Crippen LogP contribution in [0.25, 0.3) is 0 Å². The van der Waals surface area contributed by atoms with E-state index in [0.717, 1.165) is 5.56 Å². The minimum absolute atomic E-state index is 0.0697. The van der Waals surface area contributed by atoms with E-state index in [2.05, 4.69) is 38.2 Å². The molecule has 0 unspecified atom stereocenters. The molecule has 0 spiro atoms. The highest BCUT2D eigenvalue weighted by atomic mass is 16.4. The van der Waals surface area contributed by atoms with Gasteiger partial charge in [-0.25, -0.2) is 4.79 Å². The smallest absolute Gasteiger partial charge is 0.335 e. The molecule has 1 amide bonds. The van der Waals surface area contributed by atoms with Crippen molar-refractivity contribution in [3.63, 3.8) is 0 Å². The van der Waals surface area contributed by atoms with Crippen molar-refractivity contribution in [2.45, 2.75) is 32.6 Å². The third kappa shape index (κ3) is 4.44. The van der Waals surface area contributed by atoms with Gasteiger partial charge in [0.2, 0.25) is 5.91 Å². The van der Waals surface area contributed by atoms with E-state index >= 15 is 0 Å². The second-order valence-electron chi connectivity index (χ2n) is 6.65. The molecule has 2 aromatic rings. The fourth-order valence-corrected chi connectivity index (χ4v) is 2.76. The van der Waals surface area contributed by atoms with Crippen LogP contribution in [0.5, 0.6) is 0 Å². The number of hydrogen-bond donors (Lipinski definition) is 2. The summed E-state index contributed by atoms with van der Waals surface area (Å²) in [5, 5.41) is 11.9. The number of amides is 1. The van der Waals surface area contributed by atoms with E-state index in [1.54, 1.807) is 12.1 Å². The summed E-state index contributed by atoms with van der Waals surface area (Å²) < 4.78 is 0. The van der Waals surface area contributed by atoms with Gasteiger partial charge in [0.05, 0.1) is 12.0 Å². The Kier molecular flexibility index (Phi) is 5.39. The number of rotatable bonds is 6. The molecule has 2 aromatic carbocycles. The van der Waals surface area contributed by atoms with Crippen molar-refractivity contribution in [2.24, 2.45) is 0 Å². The molecule has 0 aliphatic heterocycles. The van der Waals surface area contributed by atoms with Crippen molar-refractivity contribution >= 4 is 11.9 Å². The number of aryl methyl sites for hydroxylation is 1. The van der Waals surface area contributed by atoms with Crippen LogP contribution in [0.3, 0.4) is 0 Å². The Morgan fingerprint density at radius 2 is 1.67 bits per heavy atom. The molecule has 0 aromatic heterocycles. The van der Waals surface area contributed by atoms with E-state index < -0.39 is 5.97 Å². The summed E-state index contributed by atoms with van der Waals surface area (Å²) >= 11 is 0. The standard InChI is InChI=1S/C20H23NO3/c1-14-6-4-5-7-17(14)20(2,3)13-21-18(22)12-15-8-10-16(11-9-15)19(23)24/h4-11H,12-13H2,1-3H3,(H,21,22)(H,23,24). The van der Waals surface area contributed by atoms with Gasteiger partial charge in [-0.05, 0) is 35.7 Å². The average Bonchev–Trinajstić information content (AvgIpc) is 2.54. The number of carboxylic acids is 1. The van der Waals surface area contributed by atoms with Gasteiger partial charge in [0.1, 0.15) is 0 Å². The predicted molar refractivity (Wildman–Crippen MR) is 94.3 cm³/mol. The van der Waals surface area contributed by atoms with E-state index in [1.807, 2.05) is 12.1 Å². The van der Waals surface area contributed by atoms with E-state index in [9.17, 15) is 9.59 Å². The number of benzene rings is 2. The monoisotopic (exact) mass is 325 g/mol. The summed E-state index contributed by atoms with van der Waals surface area (Å²) in [4.78, 5) is 23.0. The van der Waals surface area contributed by atoms with Crippen molar-refractivity contribution in [1.29, 1.82) is 0 Å². The van der Waals surface area contributed by atoms with E-state index in [-0.39, 0.29) is 23.3 Å². The Hall–Kier alpha value is -2.62. The van der Waals surface area contributed by atoms with Gasteiger partial charge in [-0.15, -0.1) is 0 Å². The zero-order valence-corrected chi connectivity index (χ0v) is 14.3. The molecule has 4 heteroatoms. The summed E-state index contributed by atoms with van der Waals surface area (Å²) in [6, 6.07) is 14.6. The van der Waals surface area contributed by atoms with Gasteiger partial charge in [0.15, 0.2) is 0 Å². The zero-order valence-electron chi connectivity index (χ0n) is 14.3. The van der Waals surface area contributed by atoms with Crippen molar-refractivity contribution < 1.29 is 14.7 Å². The highest BCUT2D eigenvalue weighted by Crippen LogP contribution is 2.25. The lowest BCUT2D eigenvalue weighted by atomic mass is 9.82. The fraction of sp³-hybridized carbons (Fsp3) is 0.300. The molecule has 2 rings (SSSR count). The van der Waals surface area contributed by atoms with Crippen molar-refractivity contribution in [3.8, 4) is 0 Å². The van der Waals surface area contributed by atoms with Crippen molar-refractivity contribution in [1.82, 2.24) is 5.32 Å². The lowest BCUT2D eigenvalue weighted by Crippen LogP contribution is -2.37. The van der Waals surface area contributed by atoms with Gasteiger partial charge in [0.25, 0.3) is 0 Å². The SMILES string of the molecule is Cc1ccccc1C(C)(C)CNC(=O)Cc1ccc(C(=O)O)cc1. The predicted octanol–water partition coefficient (Wildman–Crippen LogP) is 3.33. The largest absolute Gasteiger partial charge is 0.478 e. The average molecular weight is 325 g/mol. The van der Waals surface area contributed by atoms with Gasteiger partial charge in [0, 0.05) is 12.0 Å². The quantitative estimate of drug-likeness (QED) is 0.856. The van der Waals surface area contributed by atoms with Crippen LogP contribution in [0, 0.1) is 6.92 Å². The minimum atomic E-state index is -0.967. The molecule has 2 N–H and O–H groups in total. The maximum absolute atomic E-state index is 12.2. The topological polar surface area (TPSA) is 66.4 Å². The molecule has 0 radical (unpaired) electrons. The maximum atomic E-state index is 12.2. The minimum Gasteiger partial charge on any atom is -0.478 e. The molecule has 0 atom stereocenters. The highest BCUT2D eigenvalue weighted by molar-refractivity contribution is 5.87. The zero-order chi connectivity index (χ0) is 17.7. The molecule has 0 saturated heterocycles. The van der Waals surface area contributed by atoms with Crippen LogP contribution >= 0.6 is 0 Å². The normalized spacial score (nSPS) is 11.1. The molecular formula is C20H23NO3. The molecule has 0 bridgehead atoms. The van der Waals surface area contributed by atoms with Crippen LogP contribution in [0.15, 0.2) is 48.5 Å². The molecule has 24 heavy (non-hydrogen) atoms. The van der Waals surface area contributed by atoms with E-state index in [4.69, 9.17) is 5.11 Å². The number of aromatic carboxylic acids is 1. The lowest BCUT2D eigenvalue weighted by Gasteiger charge is -2.27. The number of carboxylic acid groups (broad SMARTS) is 1. The first-order valence-electron chi connectivity index (χ1n) is 7.94. The molecule has 126 valence electrons. The third-order valence-electron chi connectivity index (χ3n) is 4.17.